The predicted octanol–water partition coefficient (Wildman–Crippen LogP) is 3.15. The number of aryl methyl sites for hydroxylation is 2. The maximum Gasteiger partial charge on any atom is 0.261 e. The number of anilines is 1. The molecule has 0 bridgehead atoms. The molecule has 2 nitrogen and oxygen atoms in total. The van der Waals surface area contributed by atoms with Crippen LogP contribution in [0.4, 0.5) is 5.69 Å². The van der Waals surface area contributed by atoms with Crippen LogP contribution in [-0.2, 0) is 4.79 Å². The molecule has 0 aromatic heterocycles. The van der Waals surface area contributed by atoms with Gasteiger partial charge in [-0.15, -0.1) is 0 Å². The van der Waals surface area contributed by atoms with Gasteiger partial charge in [0.2, 0.25) is 0 Å². The first-order valence-corrected chi connectivity index (χ1v) is 8.78. The second-order valence-corrected chi connectivity index (χ2v) is 10.2. The van der Waals surface area contributed by atoms with Gasteiger partial charge in [-0.3, -0.25) is 4.79 Å². The molecule has 1 aromatic carbocycles. The van der Waals surface area contributed by atoms with E-state index in [0.29, 0.717) is 6.16 Å². The summed E-state index contributed by atoms with van der Waals surface area (Å²) < 4.78 is 0. The van der Waals surface area contributed by atoms with Crippen molar-refractivity contribution in [2.75, 3.05) is 31.5 Å². The molecule has 1 N–H and O–H groups in total. The van der Waals surface area contributed by atoms with Crippen molar-refractivity contribution >= 4 is 18.9 Å². The molecular formula is C13H21NOP+. The van der Waals surface area contributed by atoms with Gasteiger partial charge in [0, 0.05) is 32.9 Å². The van der Waals surface area contributed by atoms with Crippen LogP contribution >= 0.6 is 7.26 Å². The molecule has 1 rings (SSSR count). The standard InChI is InChI=1S/C13H20NOP/c1-10-7-6-8-11(2)13(10)14-12(15)9-16(3,4)5/h6-8H,9H2,1-5H3/p+1. The Hall–Kier alpha value is -0.880. The molecule has 0 aliphatic heterocycles. The maximum atomic E-state index is 11.8. The zero-order chi connectivity index (χ0) is 12.3. The summed E-state index contributed by atoms with van der Waals surface area (Å²) in [7, 11) is -1.05. The maximum absolute atomic E-state index is 11.8. The van der Waals surface area contributed by atoms with Gasteiger partial charge >= 0.3 is 0 Å². The van der Waals surface area contributed by atoms with Crippen molar-refractivity contribution in [3.63, 3.8) is 0 Å². The first-order chi connectivity index (χ1) is 7.29. The minimum atomic E-state index is -1.05. The molecule has 1 aromatic rings. The van der Waals surface area contributed by atoms with E-state index in [4.69, 9.17) is 0 Å². The SMILES string of the molecule is Cc1cccc(C)c1NC(=O)C[P+](C)(C)C. The number of hydrogen-bond acceptors (Lipinski definition) is 1. The van der Waals surface area contributed by atoms with Crippen molar-refractivity contribution in [1.29, 1.82) is 0 Å². The third-order valence-electron chi connectivity index (χ3n) is 2.36. The minimum Gasteiger partial charge on any atom is -0.322 e. The molecule has 0 fully saturated rings. The lowest BCUT2D eigenvalue weighted by Gasteiger charge is -2.14. The Morgan fingerprint density at radius 1 is 1.19 bits per heavy atom. The van der Waals surface area contributed by atoms with Crippen molar-refractivity contribution in [2.45, 2.75) is 13.8 Å². The Balaban J connectivity index is 2.78. The molecule has 3 heteroatoms. The van der Waals surface area contributed by atoms with Crippen molar-refractivity contribution in [2.24, 2.45) is 0 Å². The van der Waals surface area contributed by atoms with Crippen LogP contribution in [0.5, 0.6) is 0 Å². The lowest BCUT2D eigenvalue weighted by Crippen LogP contribution is -2.18. The van der Waals surface area contributed by atoms with Gasteiger partial charge in [0.25, 0.3) is 5.91 Å². The van der Waals surface area contributed by atoms with Crippen LogP contribution in [0.1, 0.15) is 11.1 Å². The fraction of sp³-hybridized carbons (Fsp3) is 0.462. The van der Waals surface area contributed by atoms with Crippen LogP contribution < -0.4 is 5.32 Å². The second-order valence-electron chi connectivity index (χ2n) is 5.26. The van der Waals surface area contributed by atoms with Gasteiger partial charge in [0.05, 0.1) is 0 Å². The lowest BCUT2D eigenvalue weighted by molar-refractivity contribution is -0.113. The van der Waals surface area contributed by atoms with Crippen LogP contribution in [0, 0.1) is 13.8 Å². The van der Waals surface area contributed by atoms with E-state index in [0.717, 1.165) is 16.8 Å². The Labute approximate surface area is 98.8 Å². The van der Waals surface area contributed by atoms with Crippen LogP contribution in [-0.4, -0.2) is 32.1 Å². The average Bonchev–Trinajstić information content (AvgIpc) is 2.08. The Morgan fingerprint density at radius 3 is 2.12 bits per heavy atom. The molecule has 0 atom stereocenters. The van der Waals surface area contributed by atoms with Crippen molar-refractivity contribution in [3.8, 4) is 0 Å². The van der Waals surface area contributed by atoms with Gasteiger partial charge in [-0.25, -0.2) is 0 Å². The molecule has 0 spiro atoms. The van der Waals surface area contributed by atoms with Crippen molar-refractivity contribution in [1.82, 2.24) is 0 Å². The Bertz CT molecular complexity index is 373. The van der Waals surface area contributed by atoms with E-state index in [1.807, 2.05) is 32.0 Å². The number of carbonyl (C=O) groups is 1. The number of nitrogens with one attached hydrogen (secondary N) is 1. The third kappa shape index (κ3) is 3.94. The van der Waals surface area contributed by atoms with Gasteiger partial charge in [-0.05, 0) is 25.0 Å². The summed E-state index contributed by atoms with van der Waals surface area (Å²) in [5.41, 5.74) is 3.22. The number of hydrogen-bond donors (Lipinski definition) is 1. The fourth-order valence-electron chi connectivity index (χ4n) is 1.62. The highest BCUT2D eigenvalue weighted by atomic mass is 31.2. The molecule has 0 saturated heterocycles. The van der Waals surface area contributed by atoms with E-state index in [9.17, 15) is 4.79 Å². The molecule has 0 saturated carbocycles. The van der Waals surface area contributed by atoms with Crippen LogP contribution in [0.15, 0.2) is 18.2 Å². The number of rotatable bonds is 3. The average molecular weight is 238 g/mol. The van der Waals surface area contributed by atoms with Crippen LogP contribution in [0.3, 0.4) is 0 Å². The van der Waals surface area contributed by atoms with Crippen molar-refractivity contribution < 1.29 is 4.79 Å². The Morgan fingerprint density at radius 2 is 1.69 bits per heavy atom. The van der Waals surface area contributed by atoms with Crippen LogP contribution in [0.25, 0.3) is 0 Å². The van der Waals surface area contributed by atoms with E-state index in [1.165, 1.54) is 0 Å². The van der Waals surface area contributed by atoms with Gasteiger partial charge in [0.1, 0.15) is 6.16 Å². The normalized spacial score (nSPS) is 11.3. The van der Waals surface area contributed by atoms with Gasteiger partial charge < -0.3 is 5.32 Å². The van der Waals surface area contributed by atoms with Gasteiger partial charge in [-0.1, -0.05) is 18.2 Å². The predicted molar refractivity (Wildman–Crippen MR) is 74.1 cm³/mol. The van der Waals surface area contributed by atoms with E-state index < -0.39 is 7.26 Å². The highest BCUT2D eigenvalue weighted by molar-refractivity contribution is 7.74. The largest absolute Gasteiger partial charge is 0.322 e. The molecule has 0 unspecified atom stereocenters. The lowest BCUT2D eigenvalue weighted by atomic mass is 10.1. The minimum absolute atomic E-state index is 0.137. The first kappa shape index (κ1) is 13.2. The summed E-state index contributed by atoms with van der Waals surface area (Å²) in [6, 6.07) is 6.06. The molecular weight excluding hydrogens is 217 g/mol. The zero-order valence-electron chi connectivity index (χ0n) is 10.8. The summed E-state index contributed by atoms with van der Waals surface area (Å²) in [5, 5.41) is 3.02. The third-order valence-corrected chi connectivity index (χ3v) is 3.60. The van der Waals surface area contributed by atoms with Crippen molar-refractivity contribution in [3.05, 3.63) is 29.3 Å². The van der Waals surface area contributed by atoms with E-state index >= 15 is 0 Å². The number of amides is 1. The van der Waals surface area contributed by atoms with E-state index in [2.05, 4.69) is 25.3 Å². The summed E-state index contributed by atoms with van der Waals surface area (Å²) in [6.45, 7) is 10.6. The molecule has 88 valence electrons. The first-order valence-electron chi connectivity index (χ1n) is 5.46. The quantitative estimate of drug-likeness (QED) is 0.805. The van der Waals surface area contributed by atoms with Gasteiger partial charge in [-0.2, -0.15) is 0 Å². The fourth-order valence-corrected chi connectivity index (χ4v) is 2.56. The summed E-state index contributed by atoms with van der Waals surface area (Å²) in [4.78, 5) is 11.8. The molecule has 0 aliphatic rings. The number of carbonyl (C=O) groups excluding carboxylic acids is 1. The molecule has 0 heterocycles. The summed E-state index contributed by atoms with van der Waals surface area (Å²) in [5.74, 6) is 0.137. The van der Waals surface area contributed by atoms with Crippen LogP contribution in [0.2, 0.25) is 0 Å². The molecule has 0 radical (unpaired) electrons. The number of benzene rings is 1. The molecule has 1 amide bonds. The second kappa shape index (κ2) is 4.97. The highest BCUT2D eigenvalue weighted by Crippen LogP contribution is 2.46. The molecule has 16 heavy (non-hydrogen) atoms. The zero-order valence-corrected chi connectivity index (χ0v) is 11.7. The van der Waals surface area contributed by atoms with Gasteiger partial charge in [0.15, 0.2) is 0 Å². The smallest absolute Gasteiger partial charge is 0.261 e. The van der Waals surface area contributed by atoms with E-state index in [-0.39, 0.29) is 5.91 Å². The summed E-state index contributed by atoms with van der Waals surface area (Å²) in [6.07, 6.45) is 0.654. The highest BCUT2D eigenvalue weighted by Gasteiger charge is 2.22. The molecule has 0 aliphatic carbocycles. The number of para-hydroxylation sites is 1. The summed E-state index contributed by atoms with van der Waals surface area (Å²) >= 11 is 0. The van der Waals surface area contributed by atoms with E-state index in [1.54, 1.807) is 0 Å². The monoisotopic (exact) mass is 238 g/mol. The Kier molecular flexibility index (Phi) is 4.09. The topological polar surface area (TPSA) is 29.1 Å².